The van der Waals surface area contributed by atoms with Crippen LogP contribution >= 0.6 is 24.6 Å². The lowest BCUT2D eigenvalue weighted by molar-refractivity contribution is -0.116. The van der Waals surface area contributed by atoms with Gasteiger partial charge >= 0.3 is 0 Å². The molecule has 2 aromatic carbocycles. The molecule has 2 atom stereocenters. The molecule has 1 fully saturated rings. The zero-order valence-corrected chi connectivity index (χ0v) is 21.0. The second kappa shape index (κ2) is 13.7. The highest BCUT2D eigenvalue weighted by molar-refractivity contribution is 7.97. The van der Waals surface area contributed by atoms with Crippen molar-refractivity contribution in [3.05, 3.63) is 65.0 Å². The molecule has 0 aliphatic heterocycles. The van der Waals surface area contributed by atoms with Gasteiger partial charge in [0.05, 0.1) is 12.6 Å². The molecule has 180 valence electrons. The SMILES string of the molecule is CC(=O)CNC(=O)c1ccc(CN(Sc2ccc(C)cc2)C2CCCCC2F)c(F)c1.CS. The van der Waals surface area contributed by atoms with Crippen molar-refractivity contribution in [1.82, 2.24) is 9.62 Å². The third-order valence-electron chi connectivity index (χ3n) is 5.40. The Morgan fingerprint density at radius 2 is 1.79 bits per heavy atom. The lowest BCUT2D eigenvalue weighted by atomic mass is 9.93. The number of aryl methyl sites for hydroxylation is 1. The van der Waals surface area contributed by atoms with Crippen LogP contribution in [-0.4, -0.2) is 41.0 Å². The third-order valence-corrected chi connectivity index (χ3v) is 6.52. The number of halogens is 2. The summed E-state index contributed by atoms with van der Waals surface area (Å²) in [5.41, 5.74) is 1.70. The first kappa shape index (κ1) is 27.3. The quantitative estimate of drug-likeness (QED) is 0.360. The van der Waals surface area contributed by atoms with Crippen molar-refractivity contribution in [3.8, 4) is 0 Å². The summed E-state index contributed by atoms with van der Waals surface area (Å²) in [6, 6.07) is 12.0. The van der Waals surface area contributed by atoms with E-state index < -0.39 is 17.9 Å². The van der Waals surface area contributed by atoms with Crippen LogP contribution < -0.4 is 5.32 Å². The standard InChI is InChI=1S/C24H28F2N2O2S.CH4S/c1-16-7-11-20(12-8-16)31-28(23-6-4-3-5-21(23)25)15-19-10-9-18(13-22(19)26)24(30)27-14-17(2)29;1-2/h7-13,21,23H,3-6,14-15H2,1-2H3,(H,27,30);2H,1H3. The number of rotatable bonds is 8. The monoisotopic (exact) mass is 494 g/mol. The first-order valence-electron chi connectivity index (χ1n) is 11.0. The molecule has 2 aromatic rings. The predicted molar refractivity (Wildman–Crippen MR) is 134 cm³/mol. The Balaban J connectivity index is 0.00000187. The van der Waals surface area contributed by atoms with Gasteiger partial charge < -0.3 is 5.32 Å². The third kappa shape index (κ3) is 8.43. The fourth-order valence-corrected chi connectivity index (χ4v) is 4.74. The van der Waals surface area contributed by atoms with Crippen LogP contribution in [0.3, 0.4) is 0 Å². The number of benzene rings is 2. The maximum absolute atomic E-state index is 14.8. The molecule has 8 heteroatoms. The lowest BCUT2D eigenvalue weighted by Crippen LogP contribution is -2.39. The van der Waals surface area contributed by atoms with Crippen molar-refractivity contribution < 1.29 is 18.4 Å². The van der Waals surface area contributed by atoms with Gasteiger partial charge in [-0.05, 0) is 69.2 Å². The van der Waals surface area contributed by atoms with Gasteiger partial charge in [-0.15, -0.1) is 0 Å². The molecule has 33 heavy (non-hydrogen) atoms. The van der Waals surface area contributed by atoms with E-state index in [1.165, 1.54) is 31.0 Å². The fraction of sp³-hybridized carbons (Fsp3) is 0.440. The van der Waals surface area contributed by atoms with Crippen LogP contribution in [0.15, 0.2) is 47.4 Å². The molecule has 0 radical (unpaired) electrons. The van der Waals surface area contributed by atoms with Crippen LogP contribution in [0, 0.1) is 12.7 Å². The Morgan fingerprint density at radius 1 is 1.12 bits per heavy atom. The topological polar surface area (TPSA) is 49.4 Å². The van der Waals surface area contributed by atoms with Crippen LogP contribution in [-0.2, 0) is 11.3 Å². The average Bonchev–Trinajstić information content (AvgIpc) is 2.81. The number of carbonyl (C=O) groups excluding carboxylic acids is 2. The highest BCUT2D eigenvalue weighted by atomic mass is 32.2. The van der Waals surface area contributed by atoms with E-state index in [0.717, 1.165) is 29.7 Å². The number of Topliss-reactive ketones (excluding diaryl/α,β-unsaturated/α-hetero) is 1. The van der Waals surface area contributed by atoms with Crippen molar-refractivity contribution in [1.29, 1.82) is 0 Å². The summed E-state index contributed by atoms with van der Waals surface area (Å²) in [6.07, 6.45) is 3.82. The number of thiol groups is 1. The number of hydrogen-bond donors (Lipinski definition) is 2. The Labute approximate surface area is 205 Å². The fourth-order valence-electron chi connectivity index (χ4n) is 3.63. The summed E-state index contributed by atoms with van der Waals surface area (Å²) < 4.78 is 31.5. The highest BCUT2D eigenvalue weighted by Crippen LogP contribution is 2.35. The number of nitrogens with zero attached hydrogens (tertiary/aromatic N) is 1. The minimum Gasteiger partial charge on any atom is -0.345 e. The number of hydrogen-bond acceptors (Lipinski definition) is 5. The van der Waals surface area contributed by atoms with Gasteiger partial charge in [0.25, 0.3) is 5.91 Å². The Kier molecular flexibility index (Phi) is 11.4. The van der Waals surface area contributed by atoms with Gasteiger partial charge in [-0.1, -0.05) is 36.6 Å². The number of nitrogens with one attached hydrogen (secondary N) is 1. The summed E-state index contributed by atoms with van der Waals surface area (Å²) in [5, 5.41) is 2.46. The van der Waals surface area contributed by atoms with Gasteiger partial charge in [0, 0.05) is 22.6 Å². The van der Waals surface area contributed by atoms with Crippen molar-refractivity contribution in [3.63, 3.8) is 0 Å². The zero-order valence-electron chi connectivity index (χ0n) is 19.3. The summed E-state index contributed by atoms with van der Waals surface area (Å²) in [6.45, 7) is 3.51. The van der Waals surface area contributed by atoms with Crippen LogP contribution in [0.25, 0.3) is 0 Å². The minimum atomic E-state index is -0.952. The van der Waals surface area contributed by atoms with E-state index in [4.69, 9.17) is 0 Å². The van der Waals surface area contributed by atoms with Gasteiger partial charge in [0.2, 0.25) is 0 Å². The molecule has 1 aliphatic rings. The maximum Gasteiger partial charge on any atom is 0.251 e. The molecule has 1 N–H and O–H groups in total. The number of alkyl halides is 1. The molecule has 1 amide bonds. The second-order valence-electron chi connectivity index (χ2n) is 8.04. The molecule has 1 saturated carbocycles. The van der Waals surface area contributed by atoms with Crippen molar-refractivity contribution in [2.75, 3.05) is 12.8 Å². The summed E-state index contributed by atoms with van der Waals surface area (Å²) in [7, 11) is 0. The second-order valence-corrected chi connectivity index (χ2v) is 9.16. The van der Waals surface area contributed by atoms with Gasteiger partial charge in [-0.3, -0.25) is 9.59 Å². The number of carbonyl (C=O) groups is 2. The minimum absolute atomic E-state index is 0.0945. The van der Waals surface area contributed by atoms with Crippen LogP contribution in [0.4, 0.5) is 8.78 Å². The molecular weight excluding hydrogens is 462 g/mol. The van der Waals surface area contributed by atoms with Gasteiger partial charge in [-0.2, -0.15) is 12.6 Å². The molecule has 0 spiro atoms. The van der Waals surface area contributed by atoms with Gasteiger partial charge in [0.1, 0.15) is 17.8 Å². The van der Waals surface area contributed by atoms with Crippen molar-refractivity contribution in [2.24, 2.45) is 0 Å². The predicted octanol–water partition coefficient (Wildman–Crippen LogP) is 5.79. The molecule has 2 unspecified atom stereocenters. The Morgan fingerprint density at radius 3 is 2.39 bits per heavy atom. The van der Waals surface area contributed by atoms with E-state index in [1.807, 2.05) is 35.5 Å². The van der Waals surface area contributed by atoms with Crippen LogP contribution in [0.5, 0.6) is 0 Å². The molecule has 3 rings (SSSR count). The summed E-state index contributed by atoms with van der Waals surface area (Å²) in [5.74, 6) is -1.19. The zero-order chi connectivity index (χ0) is 24.4. The highest BCUT2D eigenvalue weighted by Gasteiger charge is 2.31. The van der Waals surface area contributed by atoms with Crippen molar-refractivity contribution in [2.45, 2.75) is 63.2 Å². The van der Waals surface area contributed by atoms with Crippen LogP contribution in [0.2, 0.25) is 0 Å². The normalized spacial score (nSPS) is 17.8. The maximum atomic E-state index is 14.8. The average molecular weight is 495 g/mol. The molecular formula is C25H32F2N2O2S2. The molecule has 0 heterocycles. The number of ketones is 1. The van der Waals surface area contributed by atoms with E-state index in [2.05, 4.69) is 17.9 Å². The smallest absolute Gasteiger partial charge is 0.251 e. The first-order valence-corrected chi connectivity index (χ1v) is 12.7. The lowest BCUT2D eigenvalue weighted by Gasteiger charge is -2.35. The molecule has 0 saturated heterocycles. The Hall–Kier alpha value is -1.90. The Bertz CT molecular complexity index is 925. The summed E-state index contributed by atoms with van der Waals surface area (Å²) >= 11 is 4.97. The largest absolute Gasteiger partial charge is 0.345 e. The van der Waals surface area contributed by atoms with E-state index in [9.17, 15) is 18.4 Å². The van der Waals surface area contributed by atoms with Gasteiger partial charge in [0.15, 0.2) is 0 Å². The molecule has 4 nitrogen and oxygen atoms in total. The van der Waals surface area contributed by atoms with Crippen LogP contribution in [0.1, 0.15) is 54.1 Å². The molecule has 1 aliphatic carbocycles. The first-order chi connectivity index (χ1) is 15.8. The van der Waals surface area contributed by atoms with Crippen molar-refractivity contribution >= 4 is 36.3 Å². The van der Waals surface area contributed by atoms with E-state index >= 15 is 0 Å². The van der Waals surface area contributed by atoms with E-state index in [0.29, 0.717) is 12.0 Å². The molecule has 0 aromatic heterocycles. The van der Waals surface area contributed by atoms with Gasteiger partial charge in [-0.25, -0.2) is 13.1 Å². The number of amides is 1. The van der Waals surface area contributed by atoms with E-state index in [1.54, 1.807) is 12.3 Å². The van der Waals surface area contributed by atoms with E-state index in [-0.39, 0.29) is 30.5 Å². The summed E-state index contributed by atoms with van der Waals surface area (Å²) in [4.78, 5) is 24.1. The molecule has 0 bridgehead atoms.